The van der Waals surface area contributed by atoms with Crippen molar-refractivity contribution in [2.75, 3.05) is 11.2 Å². The second-order valence-electron chi connectivity index (χ2n) is 1.76. The average Bonchev–Trinajstić information content (AvgIpc) is 1.68. The van der Waals surface area contributed by atoms with Crippen LogP contribution in [0, 0.1) is 0 Å². The van der Waals surface area contributed by atoms with E-state index in [4.69, 9.17) is 16.7 Å². The normalized spacial score (nSPS) is 18.9. The van der Waals surface area contributed by atoms with Crippen LogP contribution in [0.4, 0.5) is 0 Å². The van der Waals surface area contributed by atoms with E-state index < -0.39 is 5.60 Å². The summed E-state index contributed by atoms with van der Waals surface area (Å²) in [6.07, 6.45) is 0. The predicted octanol–water partition coefficient (Wildman–Crippen LogP) is 1.37. The highest BCUT2D eigenvalue weighted by Gasteiger charge is 2.15. The van der Waals surface area contributed by atoms with Crippen molar-refractivity contribution >= 4 is 27.5 Å². The van der Waals surface area contributed by atoms with E-state index >= 15 is 0 Å². The number of rotatable bonds is 2. The van der Waals surface area contributed by atoms with E-state index in [0.29, 0.717) is 5.33 Å². The van der Waals surface area contributed by atoms with Crippen molar-refractivity contribution in [3.05, 3.63) is 0 Å². The van der Waals surface area contributed by atoms with E-state index in [0.717, 1.165) is 0 Å². The van der Waals surface area contributed by atoms with Gasteiger partial charge in [0.15, 0.2) is 0 Å². The molecule has 0 saturated carbocycles. The summed E-state index contributed by atoms with van der Waals surface area (Å²) in [5.41, 5.74) is -0.735. The Morgan fingerprint density at radius 1 is 1.86 bits per heavy atom. The first-order valence-corrected chi connectivity index (χ1v) is 3.62. The molecule has 0 aromatic carbocycles. The van der Waals surface area contributed by atoms with Gasteiger partial charge in [-0.2, -0.15) is 0 Å². The summed E-state index contributed by atoms with van der Waals surface area (Å²) in [6.45, 7) is 1.68. The van der Waals surface area contributed by atoms with Gasteiger partial charge < -0.3 is 5.11 Å². The molecule has 0 aromatic rings. The minimum Gasteiger partial charge on any atom is -0.388 e. The Morgan fingerprint density at radius 2 is 2.29 bits per heavy atom. The molecule has 0 heterocycles. The SMILES string of the molecule is C[C@](O)(CCl)CBr. The van der Waals surface area contributed by atoms with Crippen molar-refractivity contribution in [3.8, 4) is 0 Å². The van der Waals surface area contributed by atoms with Crippen molar-refractivity contribution in [1.82, 2.24) is 0 Å². The third-order valence-electron chi connectivity index (χ3n) is 0.576. The second kappa shape index (κ2) is 2.90. The van der Waals surface area contributed by atoms with Crippen LogP contribution in [-0.2, 0) is 0 Å². The molecule has 0 saturated heterocycles. The van der Waals surface area contributed by atoms with Gasteiger partial charge in [0, 0.05) is 5.33 Å². The van der Waals surface area contributed by atoms with Gasteiger partial charge in [-0.05, 0) is 6.92 Å². The molecule has 1 nitrogen and oxygen atoms in total. The van der Waals surface area contributed by atoms with Crippen LogP contribution >= 0.6 is 27.5 Å². The molecule has 0 fully saturated rings. The Hall–Kier alpha value is 0.730. The van der Waals surface area contributed by atoms with Crippen LogP contribution in [0.5, 0.6) is 0 Å². The van der Waals surface area contributed by atoms with E-state index in [-0.39, 0.29) is 5.88 Å². The van der Waals surface area contributed by atoms with Gasteiger partial charge in [-0.25, -0.2) is 0 Å². The highest BCUT2D eigenvalue weighted by Crippen LogP contribution is 2.07. The van der Waals surface area contributed by atoms with Crippen LogP contribution in [0.1, 0.15) is 6.92 Å². The molecule has 0 aromatic heterocycles. The molecular formula is C4H8BrClO. The first kappa shape index (κ1) is 7.73. The van der Waals surface area contributed by atoms with Gasteiger partial charge in [0.2, 0.25) is 0 Å². The van der Waals surface area contributed by atoms with Crippen LogP contribution in [0.25, 0.3) is 0 Å². The van der Waals surface area contributed by atoms with Crippen molar-refractivity contribution in [2.24, 2.45) is 0 Å². The highest BCUT2D eigenvalue weighted by molar-refractivity contribution is 9.09. The molecule has 0 aliphatic rings. The van der Waals surface area contributed by atoms with Crippen LogP contribution in [-0.4, -0.2) is 21.9 Å². The number of alkyl halides is 2. The lowest BCUT2D eigenvalue weighted by atomic mass is 10.2. The predicted molar refractivity (Wildman–Crippen MR) is 35.1 cm³/mol. The Balaban J connectivity index is 3.36. The van der Waals surface area contributed by atoms with Crippen LogP contribution in [0.3, 0.4) is 0 Å². The maximum absolute atomic E-state index is 8.95. The fourth-order valence-electron chi connectivity index (χ4n) is 0.0357. The lowest BCUT2D eigenvalue weighted by Crippen LogP contribution is -2.27. The lowest BCUT2D eigenvalue weighted by Gasteiger charge is -2.14. The summed E-state index contributed by atoms with van der Waals surface area (Å²) < 4.78 is 0. The molecular weight excluding hydrogens is 179 g/mol. The van der Waals surface area contributed by atoms with Crippen LogP contribution < -0.4 is 0 Å². The molecule has 0 aliphatic heterocycles. The average molecular weight is 187 g/mol. The number of halogens is 2. The zero-order valence-electron chi connectivity index (χ0n) is 4.12. The van der Waals surface area contributed by atoms with Gasteiger partial charge in [-0.15, -0.1) is 11.6 Å². The third kappa shape index (κ3) is 3.32. The van der Waals surface area contributed by atoms with E-state index in [9.17, 15) is 0 Å². The molecule has 1 N–H and O–H groups in total. The molecule has 1 atom stereocenters. The molecule has 7 heavy (non-hydrogen) atoms. The number of aliphatic hydroxyl groups is 1. The summed E-state index contributed by atoms with van der Waals surface area (Å²) in [7, 11) is 0. The molecule has 0 rings (SSSR count). The monoisotopic (exact) mass is 186 g/mol. The standard InChI is InChI=1S/C4H8BrClO/c1-4(7,2-5)3-6/h7H,2-3H2,1H3/t4-/m1/s1. The van der Waals surface area contributed by atoms with Gasteiger partial charge in [0.1, 0.15) is 0 Å². The topological polar surface area (TPSA) is 20.2 Å². The van der Waals surface area contributed by atoms with Crippen LogP contribution in [0.2, 0.25) is 0 Å². The zero-order valence-corrected chi connectivity index (χ0v) is 6.46. The minimum atomic E-state index is -0.735. The molecule has 0 spiro atoms. The Labute approximate surface area is 56.8 Å². The molecule has 0 bridgehead atoms. The van der Waals surface area contributed by atoms with Crippen molar-refractivity contribution in [1.29, 1.82) is 0 Å². The highest BCUT2D eigenvalue weighted by atomic mass is 79.9. The fourth-order valence-corrected chi connectivity index (χ4v) is 0.557. The Morgan fingerprint density at radius 3 is 2.29 bits per heavy atom. The first-order valence-electron chi connectivity index (χ1n) is 1.97. The summed E-state index contributed by atoms with van der Waals surface area (Å²) in [4.78, 5) is 0. The number of hydrogen-bond acceptors (Lipinski definition) is 1. The van der Waals surface area contributed by atoms with Crippen molar-refractivity contribution in [2.45, 2.75) is 12.5 Å². The van der Waals surface area contributed by atoms with Crippen molar-refractivity contribution < 1.29 is 5.11 Å². The van der Waals surface area contributed by atoms with E-state index in [1.165, 1.54) is 0 Å². The number of hydrogen-bond donors (Lipinski definition) is 1. The Kier molecular flexibility index (Phi) is 3.20. The Bertz CT molecular complexity index is 49.7. The van der Waals surface area contributed by atoms with Gasteiger partial charge in [0.05, 0.1) is 11.5 Å². The summed E-state index contributed by atoms with van der Waals surface area (Å²) in [6, 6.07) is 0. The maximum atomic E-state index is 8.95. The molecule has 3 heteroatoms. The van der Waals surface area contributed by atoms with Gasteiger partial charge in [-0.1, -0.05) is 15.9 Å². The smallest absolute Gasteiger partial charge is 0.0850 e. The molecule has 44 valence electrons. The van der Waals surface area contributed by atoms with Gasteiger partial charge in [-0.3, -0.25) is 0 Å². The lowest BCUT2D eigenvalue weighted by molar-refractivity contribution is 0.112. The first-order chi connectivity index (χ1) is 3.12. The van der Waals surface area contributed by atoms with Crippen LogP contribution in [0.15, 0.2) is 0 Å². The maximum Gasteiger partial charge on any atom is 0.0850 e. The quantitative estimate of drug-likeness (QED) is 0.648. The van der Waals surface area contributed by atoms with Crippen molar-refractivity contribution in [3.63, 3.8) is 0 Å². The molecule has 0 unspecified atom stereocenters. The fraction of sp³-hybridized carbons (Fsp3) is 1.00. The minimum absolute atomic E-state index is 0.276. The second-order valence-corrected chi connectivity index (χ2v) is 2.59. The molecule has 0 amide bonds. The third-order valence-corrected chi connectivity index (χ3v) is 2.36. The van der Waals surface area contributed by atoms with Gasteiger partial charge >= 0.3 is 0 Å². The van der Waals surface area contributed by atoms with E-state index in [1.807, 2.05) is 0 Å². The zero-order chi connectivity index (χ0) is 5.91. The largest absolute Gasteiger partial charge is 0.388 e. The molecule has 0 radical (unpaired) electrons. The van der Waals surface area contributed by atoms with Gasteiger partial charge in [0.25, 0.3) is 0 Å². The molecule has 0 aliphatic carbocycles. The summed E-state index contributed by atoms with van der Waals surface area (Å²) in [5.74, 6) is 0.276. The van der Waals surface area contributed by atoms with E-state index in [1.54, 1.807) is 6.92 Å². The van der Waals surface area contributed by atoms with E-state index in [2.05, 4.69) is 15.9 Å². The summed E-state index contributed by atoms with van der Waals surface area (Å²) >= 11 is 8.41. The summed E-state index contributed by atoms with van der Waals surface area (Å²) in [5, 5.41) is 9.48.